The molecule has 162 valence electrons. The molecule has 0 spiro atoms. The van der Waals surface area contributed by atoms with Crippen LogP contribution >= 0.6 is 0 Å². The van der Waals surface area contributed by atoms with Crippen molar-refractivity contribution in [2.24, 2.45) is 0 Å². The van der Waals surface area contributed by atoms with E-state index in [1.807, 2.05) is 92.7 Å². The van der Waals surface area contributed by atoms with E-state index < -0.39 is 5.54 Å². The van der Waals surface area contributed by atoms with Crippen LogP contribution in [0.25, 0.3) is 11.3 Å². The summed E-state index contributed by atoms with van der Waals surface area (Å²) in [6.07, 6.45) is 1.70. The molecule has 3 aromatic carbocycles. The smallest absolute Gasteiger partial charge is 0.186 e. The van der Waals surface area contributed by atoms with Crippen LogP contribution in [-0.4, -0.2) is 25.5 Å². The van der Waals surface area contributed by atoms with Crippen molar-refractivity contribution in [3.63, 3.8) is 0 Å². The number of benzene rings is 3. The maximum absolute atomic E-state index is 13.6. The summed E-state index contributed by atoms with van der Waals surface area (Å²) in [7, 11) is 3.29. The number of carbonyl (C=O) groups is 1. The van der Waals surface area contributed by atoms with Crippen molar-refractivity contribution in [3.05, 3.63) is 107 Å². The zero-order chi connectivity index (χ0) is 22.7. The Bertz CT molecular complexity index is 1120. The van der Waals surface area contributed by atoms with Gasteiger partial charge in [-0.1, -0.05) is 54.6 Å². The second-order valence-corrected chi connectivity index (χ2v) is 8.25. The van der Waals surface area contributed by atoms with E-state index >= 15 is 0 Å². The molecule has 0 fully saturated rings. The molecular formula is C28H27NO3. The molecular weight excluding hydrogens is 398 g/mol. The van der Waals surface area contributed by atoms with Crippen LogP contribution in [-0.2, 0) is 4.79 Å². The van der Waals surface area contributed by atoms with Crippen LogP contribution in [0.3, 0.4) is 0 Å². The zero-order valence-corrected chi connectivity index (χ0v) is 18.8. The second kappa shape index (κ2) is 8.75. The summed E-state index contributed by atoms with van der Waals surface area (Å²) in [5, 5.41) is 3.59. The molecule has 0 atom stereocenters. The molecule has 0 amide bonds. The lowest BCUT2D eigenvalue weighted by Crippen LogP contribution is -2.46. The van der Waals surface area contributed by atoms with Gasteiger partial charge in [0.1, 0.15) is 11.5 Å². The van der Waals surface area contributed by atoms with Crippen molar-refractivity contribution in [1.82, 2.24) is 5.32 Å². The minimum Gasteiger partial charge on any atom is -0.497 e. The molecule has 4 nitrogen and oxygen atoms in total. The predicted molar refractivity (Wildman–Crippen MR) is 129 cm³/mol. The zero-order valence-electron chi connectivity index (χ0n) is 18.8. The number of carbonyl (C=O) groups excluding carboxylic acids is 1. The molecule has 0 radical (unpaired) electrons. The molecule has 1 aliphatic rings. The lowest BCUT2D eigenvalue weighted by Gasteiger charge is -2.36. The van der Waals surface area contributed by atoms with E-state index in [4.69, 9.17) is 9.47 Å². The Hall–Kier alpha value is -3.79. The highest BCUT2D eigenvalue weighted by Gasteiger charge is 2.36. The number of rotatable bonds is 5. The molecule has 4 heteroatoms. The Balaban J connectivity index is 1.92. The van der Waals surface area contributed by atoms with Crippen LogP contribution in [0.15, 0.2) is 90.5 Å². The Labute approximate surface area is 189 Å². The summed E-state index contributed by atoms with van der Waals surface area (Å²) in [4.78, 5) is 13.6. The maximum atomic E-state index is 13.6. The van der Waals surface area contributed by atoms with Crippen LogP contribution < -0.4 is 14.8 Å². The fourth-order valence-corrected chi connectivity index (χ4v) is 4.13. The van der Waals surface area contributed by atoms with Gasteiger partial charge in [0, 0.05) is 17.3 Å². The van der Waals surface area contributed by atoms with E-state index in [-0.39, 0.29) is 5.78 Å². The van der Waals surface area contributed by atoms with Crippen molar-refractivity contribution in [2.45, 2.75) is 19.4 Å². The Morgan fingerprint density at radius 2 is 1.25 bits per heavy atom. The Morgan fingerprint density at radius 3 is 1.69 bits per heavy atom. The van der Waals surface area contributed by atoms with Crippen molar-refractivity contribution in [3.8, 4) is 11.5 Å². The molecule has 0 aromatic heterocycles. The van der Waals surface area contributed by atoms with Gasteiger partial charge < -0.3 is 14.8 Å². The molecule has 0 saturated carbocycles. The first-order valence-corrected chi connectivity index (χ1v) is 10.6. The van der Waals surface area contributed by atoms with Crippen molar-refractivity contribution in [2.75, 3.05) is 14.2 Å². The molecule has 3 aromatic rings. The summed E-state index contributed by atoms with van der Waals surface area (Å²) in [6.45, 7) is 4.09. The molecule has 0 bridgehead atoms. The lowest BCUT2D eigenvalue weighted by atomic mass is 9.78. The van der Waals surface area contributed by atoms with E-state index in [9.17, 15) is 4.79 Å². The normalized spacial score (nSPS) is 14.9. The minimum atomic E-state index is -0.591. The van der Waals surface area contributed by atoms with E-state index in [1.165, 1.54) is 0 Å². The van der Waals surface area contributed by atoms with E-state index in [0.717, 1.165) is 39.5 Å². The van der Waals surface area contributed by atoms with Crippen LogP contribution in [0, 0.1) is 0 Å². The van der Waals surface area contributed by atoms with Crippen LogP contribution in [0.5, 0.6) is 11.5 Å². The van der Waals surface area contributed by atoms with Gasteiger partial charge in [-0.15, -0.1) is 0 Å². The molecule has 32 heavy (non-hydrogen) atoms. The summed E-state index contributed by atoms with van der Waals surface area (Å²) in [6, 6.07) is 25.5. The first-order chi connectivity index (χ1) is 15.4. The Kier molecular flexibility index (Phi) is 5.87. The quantitative estimate of drug-likeness (QED) is 0.549. The summed E-state index contributed by atoms with van der Waals surface area (Å²) in [5.41, 5.74) is 4.73. The molecule has 1 N–H and O–H groups in total. The number of allylic oxidation sites excluding steroid dienone is 1. The molecule has 0 unspecified atom stereocenters. The summed E-state index contributed by atoms with van der Waals surface area (Å²) in [5.74, 6) is 1.53. The van der Waals surface area contributed by atoms with Gasteiger partial charge in [-0.25, -0.2) is 0 Å². The van der Waals surface area contributed by atoms with Gasteiger partial charge in [-0.3, -0.25) is 4.79 Å². The summed E-state index contributed by atoms with van der Waals surface area (Å²) < 4.78 is 10.7. The van der Waals surface area contributed by atoms with Gasteiger partial charge in [-0.2, -0.15) is 0 Å². The third-order valence-corrected chi connectivity index (χ3v) is 5.69. The summed E-state index contributed by atoms with van der Waals surface area (Å²) >= 11 is 0. The number of nitrogens with one attached hydrogen (secondary N) is 1. The average molecular weight is 426 g/mol. The van der Waals surface area contributed by atoms with E-state index in [0.29, 0.717) is 5.57 Å². The predicted octanol–water partition coefficient (Wildman–Crippen LogP) is 5.50. The van der Waals surface area contributed by atoms with Crippen molar-refractivity contribution >= 4 is 17.1 Å². The second-order valence-electron chi connectivity index (χ2n) is 8.25. The number of methoxy groups -OCH3 is 2. The van der Waals surface area contributed by atoms with Crippen LogP contribution in [0.2, 0.25) is 0 Å². The number of hydrogen-bond acceptors (Lipinski definition) is 4. The first kappa shape index (κ1) is 21.4. The van der Waals surface area contributed by atoms with Crippen LogP contribution in [0.1, 0.15) is 30.5 Å². The molecule has 4 rings (SSSR count). The van der Waals surface area contributed by atoms with Gasteiger partial charge in [0.25, 0.3) is 0 Å². The third-order valence-electron chi connectivity index (χ3n) is 5.69. The highest BCUT2D eigenvalue weighted by molar-refractivity contribution is 6.17. The SMILES string of the molecule is COc1ccc(C(=C2C(=O)C=C(c3ccccc3)NC2(C)C)c2ccc(OC)cc2)cc1. The Morgan fingerprint density at radius 1 is 0.750 bits per heavy atom. The van der Waals surface area contributed by atoms with Gasteiger partial charge in [0.05, 0.1) is 19.8 Å². The number of ketones is 1. The standard InChI is InChI=1S/C28H27NO3/c1-28(2)27(25(30)18-24(29-28)19-8-6-5-7-9-19)26(20-10-14-22(31-3)15-11-20)21-12-16-23(32-4)17-13-21/h5-18,29H,1-4H3. The van der Waals surface area contributed by atoms with Gasteiger partial charge >= 0.3 is 0 Å². The van der Waals surface area contributed by atoms with Gasteiger partial charge in [-0.05, 0) is 60.4 Å². The average Bonchev–Trinajstić information content (AvgIpc) is 2.82. The molecule has 0 aliphatic carbocycles. The molecule has 1 aliphatic heterocycles. The topological polar surface area (TPSA) is 47.6 Å². The van der Waals surface area contributed by atoms with Crippen molar-refractivity contribution < 1.29 is 14.3 Å². The van der Waals surface area contributed by atoms with Gasteiger partial charge in [0.15, 0.2) is 5.78 Å². The van der Waals surface area contributed by atoms with E-state index in [1.54, 1.807) is 20.3 Å². The van der Waals surface area contributed by atoms with Gasteiger partial charge in [0.2, 0.25) is 0 Å². The van der Waals surface area contributed by atoms with Crippen molar-refractivity contribution in [1.29, 1.82) is 0 Å². The highest BCUT2D eigenvalue weighted by atomic mass is 16.5. The van der Waals surface area contributed by atoms with E-state index in [2.05, 4.69) is 5.32 Å². The lowest BCUT2D eigenvalue weighted by molar-refractivity contribution is -0.112. The maximum Gasteiger partial charge on any atom is 0.186 e. The highest BCUT2D eigenvalue weighted by Crippen LogP contribution is 2.38. The van der Waals surface area contributed by atoms with Crippen LogP contribution in [0.4, 0.5) is 0 Å². The minimum absolute atomic E-state index is 0.00533. The molecule has 1 heterocycles. The fourth-order valence-electron chi connectivity index (χ4n) is 4.13. The monoisotopic (exact) mass is 425 g/mol. The third kappa shape index (κ3) is 4.17. The largest absolute Gasteiger partial charge is 0.497 e. The first-order valence-electron chi connectivity index (χ1n) is 10.6. The number of hydrogen-bond donors (Lipinski definition) is 1. The molecule has 0 saturated heterocycles. The fraction of sp³-hybridized carbons (Fsp3) is 0.179. The number of ether oxygens (including phenoxy) is 2.